The Balaban J connectivity index is 1.58. The SMILES string of the molecule is Cc1cc(F)c(N2CCN(Cc3ccc(OC(F)(F)F)cc3)CC2)cc1SCC(F)(F)F. The number of alkyl halides is 6. The number of thioether (sulfide) groups is 1. The van der Waals surface area contributed by atoms with Crippen molar-refractivity contribution in [2.45, 2.75) is 30.9 Å². The lowest BCUT2D eigenvalue weighted by Gasteiger charge is -2.36. The molecule has 0 saturated carbocycles. The highest BCUT2D eigenvalue weighted by Crippen LogP contribution is 2.34. The molecule has 0 radical (unpaired) electrons. The second-order valence-corrected chi connectivity index (χ2v) is 8.45. The molecular formula is C21H21F7N2OS. The summed E-state index contributed by atoms with van der Waals surface area (Å²) in [6.45, 7) is 4.16. The quantitative estimate of drug-likeness (QED) is 0.370. The molecule has 3 rings (SSSR count). The third kappa shape index (κ3) is 7.19. The minimum atomic E-state index is -4.74. The second-order valence-electron chi connectivity index (χ2n) is 7.43. The van der Waals surface area contributed by atoms with Crippen LogP contribution in [0.3, 0.4) is 0 Å². The van der Waals surface area contributed by atoms with Gasteiger partial charge in [-0.15, -0.1) is 24.9 Å². The molecule has 0 bridgehead atoms. The van der Waals surface area contributed by atoms with Crippen LogP contribution < -0.4 is 9.64 Å². The van der Waals surface area contributed by atoms with Gasteiger partial charge in [0.25, 0.3) is 0 Å². The molecule has 0 aliphatic carbocycles. The van der Waals surface area contributed by atoms with Crippen molar-refractivity contribution in [3.05, 3.63) is 53.3 Å². The first-order chi connectivity index (χ1) is 14.9. The van der Waals surface area contributed by atoms with Crippen molar-refractivity contribution in [3.8, 4) is 5.75 Å². The normalized spacial score (nSPS) is 15.8. The third-order valence-electron chi connectivity index (χ3n) is 4.91. The predicted molar refractivity (Wildman–Crippen MR) is 109 cm³/mol. The van der Waals surface area contributed by atoms with Crippen LogP contribution in [0.25, 0.3) is 0 Å². The number of hydrogen-bond donors (Lipinski definition) is 0. The van der Waals surface area contributed by atoms with Gasteiger partial charge in [-0.05, 0) is 42.3 Å². The summed E-state index contributed by atoms with van der Waals surface area (Å²) in [6.07, 6.45) is -9.05. The number of aryl methyl sites for hydroxylation is 1. The van der Waals surface area contributed by atoms with E-state index < -0.39 is 24.1 Å². The van der Waals surface area contributed by atoms with E-state index in [1.54, 1.807) is 24.0 Å². The number of ether oxygens (including phenoxy) is 1. The summed E-state index contributed by atoms with van der Waals surface area (Å²) >= 11 is 0.638. The summed E-state index contributed by atoms with van der Waals surface area (Å²) in [5.41, 5.74) is 1.53. The van der Waals surface area contributed by atoms with Crippen LogP contribution >= 0.6 is 11.8 Å². The van der Waals surface area contributed by atoms with Crippen molar-refractivity contribution >= 4 is 17.4 Å². The van der Waals surface area contributed by atoms with Crippen molar-refractivity contribution in [3.63, 3.8) is 0 Å². The van der Waals surface area contributed by atoms with E-state index >= 15 is 0 Å². The molecule has 1 aliphatic heterocycles. The maximum atomic E-state index is 14.5. The predicted octanol–water partition coefficient (Wildman–Crippen LogP) is 6.01. The van der Waals surface area contributed by atoms with Gasteiger partial charge >= 0.3 is 12.5 Å². The standard InChI is InChI=1S/C21H21F7N2OS/c1-14-10-17(22)18(11-19(14)32-13-20(23,24)25)30-8-6-29(7-9-30)12-15-2-4-16(5-3-15)31-21(26,27)28/h2-5,10-11H,6-9,12-13H2,1H3. The molecule has 0 amide bonds. The smallest absolute Gasteiger partial charge is 0.406 e. The Bertz CT molecular complexity index is 908. The fourth-order valence-corrected chi connectivity index (χ4v) is 4.20. The van der Waals surface area contributed by atoms with E-state index in [4.69, 9.17) is 0 Å². The molecule has 0 aromatic heterocycles. The van der Waals surface area contributed by atoms with Crippen molar-refractivity contribution in [2.24, 2.45) is 0 Å². The van der Waals surface area contributed by atoms with Crippen molar-refractivity contribution in [1.82, 2.24) is 4.90 Å². The van der Waals surface area contributed by atoms with E-state index in [0.29, 0.717) is 54.9 Å². The van der Waals surface area contributed by atoms with Crippen molar-refractivity contribution < 1.29 is 35.5 Å². The Labute approximate surface area is 185 Å². The van der Waals surface area contributed by atoms with Crippen LogP contribution in [-0.2, 0) is 6.54 Å². The Morgan fingerprint density at radius 3 is 2.12 bits per heavy atom. The molecule has 176 valence electrons. The highest BCUT2D eigenvalue weighted by molar-refractivity contribution is 7.99. The first-order valence-corrected chi connectivity index (χ1v) is 10.7. The van der Waals surface area contributed by atoms with Gasteiger partial charge < -0.3 is 9.64 Å². The van der Waals surface area contributed by atoms with E-state index in [-0.39, 0.29) is 11.4 Å². The van der Waals surface area contributed by atoms with Crippen LogP contribution in [0.1, 0.15) is 11.1 Å². The maximum Gasteiger partial charge on any atom is 0.573 e. The number of hydrogen-bond acceptors (Lipinski definition) is 4. The van der Waals surface area contributed by atoms with Crippen LogP contribution in [0.5, 0.6) is 5.75 Å². The van der Waals surface area contributed by atoms with E-state index in [1.165, 1.54) is 24.3 Å². The number of benzene rings is 2. The zero-order chi connectivity index (χ0) is 23.5. The summed E-state index contributed by atoms with van der Waals surface area (Å²) in [5, 5.41) is 0. The molecule has 1 saturated heterocycles. The molecule has 32 heavy (non-hydrogen) atoms. The molecule has 0 N–H and O–H groups in total. The Hall–Kier alpha value is -2.14. The largest absolute Gasteiger partial charge is 0.573 e. The molecule has 11 heteroatoms. The fourth-order valence-electron chi connectivity index (χ4n) is 3.40. The molecule has 2 aromatic carbocycles. The highest BCUT2D eigenvalue weighted by atomic mass is 32.2. The van der Waals surface area contributed by atoms with Gasteiger partial charge in [0.15, 0.2) is 0 Å². The Morgan fingerprint density at radius 2 is 1.56 bits per heavy atom. The summed E-state index contributed by atoms with van der Waals surface area (Å²) in [5.74, 6) is -1.81. The zero-order valence-corrected chi connectivity index (χ0v) is 17.9. The first kappa shape index (κ1) is 24.5. The molecule has 1 fully saturated rings. The molecule has 0 atom stereocenters. The summed E-state index contributed by atoms with van der Waals surface area (Å²) in [7, 11) is 0. The van der Waals surface area contributed by atoms with Crippen LogP contribution in [0, 0.1) is 12.7 Å². The van der Waals surface area contributed by atoms with Gasteiger partial charge in [0.2, 0.25) is 0 Å². The minimum Gasteiger partial charge on any atom is -0.406 e. The highest BCUT2D eigenvalue weighted by Gasteiger charge is 2.31. The number of halogens is 7. The molecule has 0 unspecified atom stereocenters. The monoisotopic (exact) mass is 482 g/mol. The number of anilines is 1. The van der Waals surface area contributed by atoms with Gasteiger partial charge in [-0.3, -0.25) is 4.90 Å². The minimum absolute atomic E-state index is 0.272. The van der Waals surface area contributed by atoms with Gasteiger partial charge in [0.1, 0.15) is 11.6 Å². The van der Waals surface area contributed by atoms with Gasteiger partial charge in [0, 0.05) is 37.6 Å². The topological polar surface area (TPSA) is 15.7 Å². The Morgan fingerprint density at radius 1 is 0.938 bits per heavy atom. The van der Waals surface area contributed by atoms with Gasteiger partial charge in [-0.1, -0.05) is 12.1 Å². The molecule has 3 nitrogen and oxygen atoms in total. The van der Waals surface area contributed by atoms with E-state index in [2.05, 4.69) is 9.64 Å². The average Bonchev–Trinajstić information content (AvgIpc) is 2.68. The lowest BCUT2D eigenvalue weighted by molar-refractivity contribution is -0.274. The van der Waals surface area contributed by atoms with Crippen LogP contribution in [0.4, 0.5) is 36.4 Å². The first-order valence-electron chi connectivity index (χ1n) is 9.71. The average molecular weight is 482 g/mol. The molecule has 1 heterocycles. The number of piperazine rings is 1. The third-order valence-corrected chi connectivity index (χ3v) is 6.13. The van der Waals surface area contributed by atoms with E-state index in [1.807, 2.05) is 0 Å². The fraction of sp³-hybridized carbons (Fsp3) is 0.429. The zero-order valence-electron chi connectivity index (χ0n) is 17.1. The summed E-state index contributed by atoms with van der Waals surface area (Å²) < 4.78 is 92.8. The molecule has 2 aromatic rings. The summed E-state index contributed by atoms with van der Waals surface area (Å²) in [4.78, 5) is 4.26. The Kier molecular flexibility index (Phi) is 7.49. The lowest BCUT2D eigenvalue weighted by atomic mass is 10.1. The van der Waals surface area contributed by atoms with E-state index in [9.17, 15) is 30.7 Å². The summed E-state index contributed by atoms with van der Waals surface area (Å²) in [6, 6.07) is 8.33. The van der Waals surface area contributed by atoms with Crippen molar-refractivity contribution in [2.75, 3.05) is 36.8 Å². The second kappa shape index (κ2) is 9.78. The van der Waals surface area contributed by atoms with Gasteiger partial charge in [-0.2, -0.15) is 13.2 Å². The van der Waals surface area contributed by atoms with E-state index in [0.717, 1.165) is 5.56 Å². The molecular weight excluding hydrogens is 461 g/mol. The van der Waals surface area contributed by atoms with Gasteiger partial charge in [-0.25, -0.2) is 4.39 Å². The number of rotatable bonds is 6. The number of nitrogens with zero attached hydrogens (tertiary/aromatic N) is 2. The maximum absolute atomic E-state index is 14.5. The van der Waals surface area contributed by atoms with Gasteiger partial charge in [0.05, 0.1) is 11.4 Å². The molecule has 0 spiro atoms. The van der Waals surface area contributed by atoms with Crippen LogP contribution in [0.15, 0.2) is 41.3 Å². The van der Waals surface area contributed by atoms with Crippen LogP contribution in [-0.4, -0.2) is 49.4 Å². The van der Waals surface area contributed by atoms with Crippen LogP contribution in [0.2, 0.25) is 0 Å². The van der Waals surface area contributed by atoms with Crippen molar-refractivity contribution in [1.29, 1.82) is 0 Å². The lowest BCUT2D eigenvalue weighted by Crippen LogP contribution is -2.46. The molecule has 1 aliphatic rings.